The fourth-order valence-corrected chi connectivity index (χ4v) is 1.91. The molecule has 0 aliphatic heterocycles. The molecule has 84 valence electrons. The molecule has 1 aromatic heterocycles. The normalized spacial score (nSPS) is 10.2. The molecule has 0 spiro atoms. The maximum absolute atomic E-state index is 5.33. The van der Waals surface area contributed by atoms with Gasteiger partial charge in [0.25, 0.3) is 0 Å². The number of hydrogen-bond acceptors (Lipinski definition) is 6. The number of aromatic nitrogens is 3. The summed E-state index contributed by atoms with van der Waals surface area (Å²) in [5, 5.41) is 11.2. The molecular formula is C10H12N4OS. The first-order chi connectivity index (χ1) is 7.70. The van der Waals surface area contributed by atoms with Gasteiger partial charge in [-0.05, 0) is 36.3 Å². The van der Waals surface area contributed by atoms with Crippen LogP contribution in [0.3, 0.4) is 0 Å². The van der Waals surface area contributed by atoms with Gasteiger partial charge in [0.15, 0.2) is 0 Å². The molecule has 2 rings (SSSR count). The van der Waals surface area contributed by atoms with Crippen LogP contribution in [0.25, 0.3) is 0 Å². The summed E-state index contributed by atoms with van der Waals surface area (Å²) in [6.07, 6.45) is 0. The van der Waals surface area contributed by atoms with Gasteiger partial charge in [-0.3, -0.25) is 0 Å². The van der Waals surface area contributed by atoms with Crippen LogP contribution in [0.1, 0.15) is 11.1 Å². The van der Waals surface area contributed by atoms with Crippen LogP contribution in [0.2, 0.25) is 0 Å². The quantitative estimate of drug-likeness (QED) is 0.886. The van der Waals surface area contributed by atoms with Crippen LogP contribution in [0.5, 0.6) is 5.75 Å². The average Bonchev–Trinajstić information content (AvgIpc) is 2.74. The lowest BCUT2D eigenvalue weighted by atomic mass is 10.1. The Morgan fingerprint density at radius 3 is 2.75 bits per heavy atom. The first-order valence-electron chi connectivity index (χ1n) is 4.78. The topological polar surface area (TPSA) is 59.9 Å². The Kier molecular flexibility index (Phi) is 3.00. The minimum absolute atomic E-state index is 0.658. The molecule has 0 fully saturated rings. The highest BCUT2D eigenvalue weighted by Crippen LogP contribution is 2.32. The zero-order valence-corrected chi connectivity index (χ0v) is 10.1. The molecular weight excluding hydrogens is 224 g/mol. The minimum atomic E-state index is 0.658. The third-order valence-electron chi connectivity index (χ3n) is 2.19. The molecule has 1 N–H and O–H groups in total. The molecule has 0 radical (unpaired) electrons. The Morgan fingerprint density at radius 2 is 2.12 bits per heavy atom. The van der Waals surface area contributed by atoms with Crippen LogP contribution in [0.15, 0.2) is 12.1 Å². The van der Waals surface area contributed by atoms with E-state index in [2.05, 4.69) is 26.2 Å². The maximum Gasteiger partial charge on any atom is 0.229 e. The van der Waals surface area contributed by atoms with Crippen molar-refractivity contribution in [3.05, 3.63) is 23.3 Å². The van der Waals surface area contributed by atoms with Crippen molar-refractivity contribution in [1.82, 2.24) is 14.8 Å². The van der Waals surface area contributed by atoms with Crippen molar-refractivity contribution >= 4 is 22.4 Å². The van der Waals surface area contributed by atoms with E-state index in [9.17, 15) is 0 Å². The van der Waals surface area contributed by atoms with E-state index in [1.807, 2.05) is 19.9 Å². The molecule has 0 amide bonds. The summed E-state index contributed by atoms with van der Waals surface area (Å²) in [6, 6.07) is 4.06. The number of nitrogens with one attached hydrogen (secondary N) is 1. The smallest absolute Gasteiger partial charge is 0.229 e. The summed E-state index contributed by atoms with van der Waals surface area (Å²) in [5.41, 5.74) is 3.17. The number of benzene rings is 1. The Bertz CT molecular complexity index is 484. The molecule has 5 nitrogen and oxygen atoms in total. The molecule has 0 saturated carbocycles. The van der Waals surface area contributed by atoms with E-state index in [1.165, 1.54) is 11.5 Å². The van der Waals surface area contributed by atoms with Gasteiger partial charge >= 0.3 is 0 Å². The molecule has 1 aromatic carbocycles. The molecule has 1 heterocycles. The predicted molar refractivity (Wildman–Crippen MR) is 63.5 cm³/mol. The van der Waals surface area contributed by atoms with Gasteiger partial charge in [-0.25, -0.2) is 0 Å². The van der Waals surface area contributed by atoms with Crippen LogP contribution in [-0.4, -0.2) is 21.9 Å². The van der Waals surface area contributed by atoms with Gasteiger partial charge in [0, 0.05) is 11.5 Å². The van der Waals surface area contributed by atoms with Crippen LogP contribution in [0.4, 0.5) is 10.8 Å². The number of ether oxygens (including phenoxy) is 1. The van der Waals surface area contributed by atoms with E-state index < -0.39 is 0 Å². The molecule has 0 aliphatic carbocycles. The Balaban J connectivity index is 2.39. The molecule has 16 heavy (non-hydrogen) atoms. The van der Waals surface area contributed by atoms with Gasteiger partial charge in [0.1, 0.15) is 5.75 Å². The molecule has 0 aliphatic rings. The van der Waals surface area contributed by atoms with Crippen molar-refractivity contribution in [3.8, 4) is 5.75 Å². The Hall–Kier alpha value is -1.69. The summed E-state index contributed by atoms with van der Waals surface area (Å²) in [5.74, 6) is 0.799. The summed E-state index contributed by atoms with van der Waals surface area (Å²) in [7, 11) is 1.65. The fraction of sp³-hybridized carbons (Fsp3) is 0.300. The lowest BCUT2D eigenvalue weighted by molar-refractivity contribution is 0.416. The van der Waals surface area contributed by atoms with Crippen molar-refractivity contribution in [2.75, 3.05) is 12.4 Å². The van der Waals surface area contributed by atoms with Gasteiger partial charge in [-0.15, -0.1) is 0 Å². The van der Waals surface area contributed by atoms with E-state index in [0.717, 1.165) is 22.6 Å². The molecule has 0 unspecified atom stereocenters. The lowest BCUT2D eigenvalue weighted by Gasteiger charge is -2.12. The van der Waals surface area contributed by atoms with Crippen molar-refractivity contribution in [1.29, 1.82) is 0 Å². The number of aryl methyl sites for hydroxylation is 2. The average molecular weight is 236 g/mol. The van der Waals surface area contributed by atoms with Gasteiger partial charge in [-0.2, -0.15) is 0 Å². The van der Waals surface area contributed by atoms with E-state index in [-0.39, 0.29) is 0 Å². The first-order valence-corrected chi connectivity index (χ1v) is 5.55. The monoisotopic (exact) mass is 236 g/mol. The van der Waals surface area contributed by atoms with E-state index in [0.29, 0.717) is 5.13 Å². The Morgan fingerprint density at radius 1 is 1.31 bits per heavy atom. The molecule has 6 heteroatoms. The first kappa shape index (κ1) is 10.8. The summed E-state index contributed by atoms with van der Waals surface area (Å²) in [4.78, 5) is 0. The van der Waals surface area contributed by atoms with Gasteiger partial charge < -0.3 is 10.1 Å². The second-order valence-electron chi connectivity index (χ2n) is 3.45. The number of rotatable bonds is 3. The van der Waals surface area contributed by atoms with E-state index >= 15 is 0 Å². The van der Waals surface area contributed by atoms with Crippen LogP contribution in [-0.2, 0) is 0 Å². The third kappa shape index (κ3) is 2.11. The maximum atomic E-state index is 5.33. The van der Waals surface area contributed by atoms with Gasteiger partial charge in [-0.1, -0.05) is 15.7 Å². The second-order valence-corrected chi connectivity index (χ2v) is 4.18. The number of nitrogens with zero attached hydrogens (tertiary/aromatic N) is 3. The molecule has 0 bridgehead atoms. The highest BCUT2D eigenvalue weighted by atomic mass is 32.1. The molecule has 2 aromatic rings. The second kappa shape index (κ2) is 4.44. The summed E-state index contributed by atoms with van der Waals surface area (Å²) < 4.78 is 9.03. The van der Waals surface area contributed by atoms with E-state index in [1.54, 1.807) is 7.11 Å². The molecule has 0 atom stereocenters. The third-order valence-corrected chi connectivity index (χ3v) is 2.71. The highest BCUT2D eigenvalue weighted by Gasteiger charge is 2.09. The SMILES string of the molecule is COc1cc(C)cc(C)c1Nc1nnns1. The molecule has 0 saturated heterocycles. The predicted octanol–water partition coefficient (Wildman–Crippen LogP) is 2.30. The summed E-state index contributed by atoms with van der Waals surface area (Å²) >= 11 is 1.21. The summed E-state index contributed by atoms with van der Waals surface area (Å²) in [6.45, 7) is 4.05. The Labute approximate surface area is 97.6 Å². The number of methoxy groups -OCH3 is 1. The number of anilines is 2. The minimum Gasteiger partial charge on any atom is -0.495 e. The standard InChI is InChI=1S/C10H12N4OS/c1-6-4-7(2)9(8(5-6)15-3)11-10-12-13-14-16-10/h4-5H,1-3H3,(H,11,12,14). The zero-order valence-electron chi connectivity index (χ0n) is 9.31. The zero-order chi connectivity index (χ0) is 11.5. The van der Waals surface area contributed by atoms with Gasteiger partial charge in [0.05, 0.1) is 12.8 Å². The van der Waals surface area contributed by atoms with Crippen molar-refractivity contribution in [2.24, 2.45) is 0 Å². The highest BCUT2D eigenvalue weighted by molar-refractivity contribution is 7.09. The number of hydrogen-bond donors (Lipinski definition) is 1. The van der Waals surface area contributed by atoms with Crippen molar-refractivity contribution in [2.45, 2.75) is 13.8 Å². The largest absolute Gasteiger partial charge is 0.495 e. The van der Waals surface area contributed by atoms with Crippen LogP contribution < -0.4 is 10.1 Å². The lowest BCUT2D eigenvalue weighted by Crippen LogP contribution is -1.97. The van der Waals surface area contributed by atoms with E-state index in [4.69, 9.17) is 4.74 Å². The van der Waals surface area contributed by atoms with Crippen LogP contribution >= 0.6 is 11.5 Å². The van der Waals surface area contributed by atoms with Crippen LogP contribution in [0, 0.1) is 13.8 Å². The van der Waals surface area contributed by atoms with Crippen molar-refractivity contribution in [3.63, 3.8) is 0 Å². The van der Waals surface area contributed by atoms with Gasteiger partial charge in [0.2, 0.25) is 5.13 Å². The fourth-order valence-electron chi connectivity index (χ4n) is 1.54. The van der Waals surface area contributed by atoms with Crippen molar-refractivity contribution < 1.29 is 4.74 Å².